The van der Waals surface area contributed by atoms with Gasteiger partial charge in [0.1, 0.15) is 92.1 Å². The van der Waals surface area contributed by atoms with Crippen LogP contribution in [0.5, 0.6) is 0 Å². The highest BCUT2D eigenvalue weighted by atomic mass is 31.2. The second kappa shape index (κ2) is 40.2. The van der Waals surface area contributed by atoms with Gasteiger partial charge in [0.25, 0.3) is 0 Å². The number of hydrogen-bond acceptors (Lipinski definition) is 22. The van der Waals surface area contributed by atoms with Crippen LogP contribution in [0.3, 0.4) is 0 Å². The highest BCUT2D eigenvalue weighted by Gasteiger charge is 2.58. The zero-order valence-corrected chi connectivity index (χ0v) is 47.5. The SMILES string of the molecule is CCCCCCC=CCCCCCCCCCC(=O)OCC(COP(=O)(O)OC1C(OC2OC(CO)C(O)C(O)C2O)C(O)C(O)C(O)C1OC1OC(CO)C(O)C(O)C1O)OC(=O)CCCCCC=CCCCCCCCC. The number of aliphatic hydroxyl groups is 11. The van der Waals surface area contributed by atoms with E-state index in [0.29, 0.717) is 19.3 Å². The van der Waals surface area contributed by atoms with Crippen LogP contribution in [0, 0.1) is 0 Å². The van der Waals surface area contributed by atoms with Crippen LogP contribution in [0.4, 0.5) is 0 Å². The van der Waals surface area contributed by atoms with Crippen molar-refractivity contribution in [1.82, 2.24) is 0 Å². The highest BCUT2D eigenvalue weighted by molar-refractivity contribution is 7.47. The number of phosphoric acid groups is 1. The van der Waals surface area contributed by atoms with Crippen LogP contribution >= 0.6 is 7.82 Å². The molecule has 0 bridgehead atoms. The number of carbonyl (C=O) groups is 2. The summed E-state index contributed by atoms with van der Waals surface area (Å²) in [5.41, 5.74) is 0. The molecule has 0 radical (unpaired) electrons. The Bertz CT molecular complexity index is 1670. The van der Waals surface area contributed by atoms with Gasteiger partial charge in [-0.05, 0) is 64.2 Å². The molecule has 79 heavy (non-hydrogen) atoms. The van der Waals surface area contributed by atoms with Crippen LogP contribution < -0.4 is 0 Å². The summed E-state index contributed by atoms with van der Waals surface area (Å²) in [7, 11) is -5.64. The maximum absolute atomic E-state index is 14.0. The first-order valence-electron chi connectivity index (χ1n) is 29.2. The molecule has 12 N–H and O–H groups in total. The predicted octanol–water partition coefficient (Wildman–Crippen LogP) is 3.70. The number of hydrogen-bond donors (Lipinski definition) is 12. The van der Waals surface area contributed by atoms with Crippen molar-refractivity contribution in [2.45, 2.75) is 285 Å². The van der Waals surface area contributed by atoms with Gasteiger partial charge in [-0.1, -0.05) is 128 Å². The normalized spacial score (nSPS) is 31.6. The van der Waals surface area contributed by atoms with E-state index < -0.39 is 150 Å². The van der Waals surface area contributed by atoms with Gasteiger partial charge < -0.3 is 89.5 Å². The van der Waals surface area contributed by atoms with Crippen molar-refractivity contribution in [3.63, 3.8) is 0 Å². The van der Waals surface area contributed by atoms with Gasteiger partial charge in [0.2, 0.25) is 0 Å². The molecule has 0 aromatic carbocycles. The third-order valence-corrected chi connectivity index (χ3v) is 15.5. The summed E-state index contributed by atoms with van der Waals surface area (Å²) in [6, 6.07) is 0. The molecule has 0 aromatic heterocycles. The molecule has 0 aromatic rings. The van der Waals surface area contributed by atoms with E-state index in [1.54, 1.807) is 0 Å². The Morgan fingerprint density at radius 3 is 1.27 bits per heavy atom. The molecule has 2 aliphatic heterocycles. The molecule has 1 aliphatic carbocycles. The Balaban J connectivity index is 1.71. The minimum atomic E-state index is -5.64. The monoisotopic (exact) mass is 1160 g/mol. The number of carbonyl (C=O) groups excluding carboxylic acids is 2. The Labute approximate surface area is 466 Å². The zero-order chi connectivity index (χ0) is 58.2. The number of esters is 2. The highest BCUT2D eigenvalue weighted by Crippen LogP contribution is 2.49. The topological polar surface area (TPSA) is 368 Å². The fraction of sp³-hybridized carbons (Fsp3) is 0.891. The number of rotatable bonds is 42. The first kappa shape index (κ1) is 71.2. The van der Waals surface area contributed by atoms with E-state index in [-0.39, 0.29) is 12.8 Å². The third-order valence-electron chi connectivity index (χ3n) is 14.5. The Morgan fingerprint density at radius 2 is 0.835 bits per heavy atom. The van der Waals surface area contributed by atoms with Gasteiger partial charge >= 0.3 is 19.8 Å². The minimum absolute atomic E-state index is 0.0451. The molecule has 0 spiro atoms. The van der Waals surface area contributed by atoms with Crippen molar-refractivity contribution in [2.24, 2.45) is 0 Å². The first-order valence-corrected chi connectivity index (χ1v) is 30.7. The van der Waals surface area contributed by atoms with Crippen molar-refractivity contribution < 1.29 is 113 Å². The maximum Gasteiger partial charge on any atom is 0.472 e. The summed E-state index contributed by atoms with van der Waals surface area (Å²) in [5, 5.41) is 117. The number of unbranched alkanes of at least 4 members (excludes halogenated alkanes) is 20. The molecular weight excluding hydrogens is 1060 g/mol. The summed E-state index contributed by atoms with van der Waals surface area (Å²) in [6.45, 7) is 0.958. The molecular formula is C55H99O23P. The van der Waals surface area contributed by atoms with Crippen molar-refractivity contribution in [1.29, 1.82) is 0 Å². The van der Waals surface area contributed by atoms with Crippen LogP contribution in [0.15, 0.2) is 24.3 Å². The van der Waals surface area contributed by atoms with Crippen molar-refractivity contribution in [3.8, 4) is 0 Å². The molecule has 3 aliphatic rings. The number of allylic oxidation sites excluding steroid dienone is 4. The molecule has 1 saturated carbocycles. The van der Waals surface area contributed by atoms with Crippen LogP contribution in [0.1, 0.15) is 181 Å². The van der Waals surface area contributed by atoms with Crippen molar-refractivity contribution in [3.05, 3.63) is 24.3 Å². The lowest BCUT2D eigenvalue weighted by Gasteiger charge is -2.49. The Hall–Kier alpha value is -2.07. The van der Waals surface area contributed by atoms with E-state index >= 15 is 0 Å². The molecule has 23 nitrogen and oxygen atoms in total. The largest absolute Gasteiger partial charge is 0.472 e. The second-order valence-corrected chi connectivity index (χ2v) is 22.6. The average Bonchev–Trinajstić information content (AvgIpc) is 3.57. The molecule has 24 heteroatoms. The second-order valence-electron chi connectivity index (χ2n) is 21.2. The van der Waals surface area contributed by atoms with E-state index in [9.17, 15) is 75.2 Å². The van der Waals surface area contributed by atoms with Gasteiger partial charge in [-0.2, -0.15) is 0 Å². The quantitative estimate of drug-likeness (QED) is 0.0179. The van der Waals surface area contributed by atoms with E-state index in [2.05, 4.69) is 38.2 Å². The van der Waals surface area contributed by atoms with E-state index in [4.69, 9.17) is 37.5 Å². The fourth-order valence-electron chi connectivity index (χ4n) is 9.58. The van der Waals surface area contributed by atoms with Crippen LogP contribution in [0.25, 0.3) is 0 Å². The predicted molar refractivity (Wildman–Crippen MR) is 286 cm³/mol. The number of aliphatic hydroxyl groups excluding tert-OH is 11. The summed E-state index contributed by atoms with van der Waals surface area (Å²) < 4.78 is 58.0. The summed E-state index contributed by atoms with van der Waals surface area (Å²) >= 11 is 0. The average molecular weight is 1160 g/mol. The number of phosphoric ester groups is 1. The van der Waals surface area contributed by atoms with Gasteiger partial charge in [-0.25, -0.2) is 4.57 Å². The van der Waals surface area contributed by atoms with Crippen LogP contribution in [0.2, 0.25) is 0 Å². The zero-order valence-electron chi connectivity index (χ0n) is 46.6. The Morgan fingerprint density at radius 1 is 0.468 bits per heavy atom. The van der Waals surface area contributed by atoms with E-state index in [1.165, 1.54) is 57.8 Å². The van der Waals surface area contributed by atoms with Crippen molar-refractivity contribution in [2.75, 3.05) is 26.4 Å². The summed E-state index contributed by atoms with van der Waals surface area (Å²) in [5.74, 6) is -1.36. The van der Waals surface area contributed by atoms with Gasteiger partial charge in [0.05, 0.1) is 19.8 Å². The maximum atomic E-state index is 14.0. The van der Waals surface area contributed by atoms with E-state index in [0.717, 1.165) is 77.0 Å². The van der Waals surface area contributed by atoms with Gasteiger partial charge in [-0.15, -0.1) is 0 Å². The lowest BCUT2D eigenvalue weighted by Crippen LogP contribution is -2.69. The minimum Gasteiger partial charge on any atom is -0.462 e. The molecule has 2 heterocycles. The summed E-state index contributed by atoms with van der Waals surface area (Å²) in [4.78, 5) is 37.5. The molecule has 0 amide bonds. The third kappa shape index (κ3) is 26.2. The fourth-order valence-corrected chi connectivity index (χ4v) is 10.5. The summed E-state index contributed by atoms with van der Waals surface area (Å²) in [6.07, 6.45) is -1.17. The lowest BCUT2D eigenvalue weighted by molar-refractivity contribution is -0.360. The molecule has 2 saturated heterocycles. The molecule has 16 unspecified atom stereocenters. The van der Waals surface area contributed by atoms with E-state index in [1.807, 2.05) is 0 Å². The standard InChI is InChI=1S/C55H99O23P/c1-3-5-7-9-11-13-15-17-18-20-21-23-25-27-29-31-40(58)71-35-37(73-41(59)32-30-28-26-24-22-19-16-14-12-10-8-6-4-2)36-72-79(69,70)78-53-51(76-54-49(67)44(62)42(60)38(33-56)74-54)47(65)46(64)48(66)52(53)77-55-50(68)45(63)43(61)39(34-57)75-55/h13,15,19,22,37-39,42-57,60-68H,3-12,14,16-18,20-21,23-36H2,1-2H3,(H,69,70). The molecule has 3 rings (SSSR count). The smallest absolute Gasteiger partial charge is 0.462 e. The van der Waals surface area contributed by atoms with Gasteiger partial charge in [-0.3, -0.25) is 18.6 Å². The first-order chi connectivity index (χ1) is 37.9. The molecule has 3 fully saturated rings. The van der Waals surface area contributed by atoms with Crippen LogP contribution in [-0.4, -0.2) is 204 Å². The van der Waals surface area contributed by atoms with Crippen LogP contribution in [-0.2, 0) is 51.6 Å². The Kier molecular flexibility index (Phi) is 36.3. The molecule has 462 valence electrons. The lowest BCUT2D eigenvalue weighted by atomic mass is 9.84. The van der Waals surface area contributed by atoms with Gasteiger partial charge in [0, 0.05) is 12.8 Å². The number of ether oxygens (including phenoxy) is 6. The molecule has 16 atom stereocenters. The van der Waals surface area contributed by atoms with Gasteiger partial charge in [0.15, 0.2) is 18.7 Å². The van der Waals surface area contributed by atoms with Crippen molar-refractivity contribution >= 4 is 19.8 Å².